The Morgan fingerprint density at radius 2 is 1.83 bits per heavy atom. The number of halogens is 1. The van der Waals surface area contributed by atoms with Crippen molar-refractivity contribution in [2.24, 2.45) is 0 Å². The number of alkyl halides is 1. The maximum Gasteiger partial charge on any atom is 0.251 e. The predicted octanol–water partition coefficient (Wildman–Crippen LogP) is 2.38. The number of phenolic OH excluding ortho intramolecular Hbond substituents is 2. The van der Waals surface area contributed by atoms with Crippen LogP contribution in [0.15, 0.2) is 18.2 Å². The van der Waals surface area contributed by atoms with Crippen molar-refractivity contribution in [1.29, 1.82) is 0 Å². The number of aromatic hydroxyl groups is 2. The van der Waals surface area contributed by atoms with Crippen molar-refractivity contribution in [3.05, 3.63) is 23.8 Å². The van der Waals surface area contributed by atoms with Crippen molar-refractivity contribution in [2.45, 2.75) is 37.1 Å². The van der Waals surface area contributed by atoms with Gasteiger partial charge in [0.25, 0.3) is 5.91 Å². The molecule has 1 saturated carbocycles. The Hall–Kier alpha value is -1.42. The summed E-state index contributed by atoms with van der Waals surface area (Å²) in [5, 5.41) is 21.7. The summed E-state index contributed by atoms with van der Waals surface area (Å²) < 4.78 is 0. The highest BCUT2D eigenvalue weighted by Gasteiger charge is 2.21. The molecule has 0 saturated heterocycles. The first-order valence-electron chi connectivity index (χ1n) is 6.03. The van der Waals surface area contributed by atoms with Gasteiger partial charge >= 0.3 is 0 Å². The lowest BCUT2D eigenvalue weighted by Crippen LogP contribution is -2.37. The maximum atomic E-state index is 11.9. The van der Waals surface area contributed by atoms with E-state index in [9.17, 15) is 15.0 Å². The lowest BCUT2D eigenvalue weighted by atomic mass is 9.95. The van der Waals surface area contributed by atoms with Crippen molar-refractivity contribution in [1.82, 2.24) is 5.32 Å². The highest BCUT2D eigenvalue weighted by atomic mass is 35.5. The lowest BCUT2D eigenvalue weighted by Gasteiger charge is -2.25. The molecule has 0 radical (unpaired) electrons. The number of nitrogens with one attached hydrogen (secondary N) is 1. The van der Waals surface area contributed by atoms with E-state index in [1.807, 2.05) is 0 Å². The van der Waals surface area contributed by atoms with E-state index >= 15 is 0 Å². The third-order valence-corrected chi connectivity index (χ3v) is 3.67. The van der Waals surface area contributed by atoms with Crippen molar-refractivity contribution >= 4 is 17.5 Å². The monoisotopic (exact) mass is 269 g/mol. The van der Waals surface area contributed by atoms with Crippen LogP contribution in [0, 0.1) is 0 Å². The number of hydrogen-bond acceptors (Lipinski definition) is 3. The Morgan fingerprint density at radius 3 is 2.44 bits per heavy atom. The van der Waals surface area contributed by atoms with Crippen LogP contribution in [-0.4, -0.2) is 27.5 Å². The molecule has 1 aliphatic carbocycles. The molecule has 0 bridgehead atoms. The van der Waals surface area contributed by atoms with E-state index in [4.69, 9.17) is 11.6 Å². The summed E-state index contributed by atoms with van der Waals surface area (Å²) in [5.74, 6) is -0.746. The zero-order chi connectivity index (χ0) is 13.1. The van der Waals surface area contributed by atoms with Crippen molar-refractivity contribution in [2.75, 3.05) is 0 Å². The molecule has 98 valence electrons. The van der Waals surface area contributed by atoms with Crippen molar-refractivity contribution in [3.8, 4) is 11.5 Å². The van der Waals surface area contributed by atoms with Gasteiger partial charge in [0.15, 0.2) is 11.5 Å². The highest BCUT2D eigenvalue weighted by molar-refractivity contribution is 6.20. The van der Waals surface area contributed by atoms with Gasteiger partial charge in [0.1, 0.15) is 0 Å². The smallest absolute Gasteiger partial charge is 0.251 e. The molecular formula is C13H16ClNO3. The van der Waals surface area contributed by atoms with Crippen LogP contribution < -0.4 is 5.32 Å². The fraction of sp³-hybridized carbons (Fsp3) is 0.462. The molecule has 1 aromatic carbocycles. The van der Waals surface area contributed by atoms with Gasteiger partial charge < -0.3 is 15.5 Å². The van der Waals surface area contributed by atoms with Gasteiger partial charge in [-0.15, -0.1) is 11.6 Å². The van der Waals surface area contributed by atoms with Crippen LogP contribution >= 0.6 is 11.6 Å². The molecule has 0 unspecified atom stereocenters. The van der Waals surface area contributed by atoms with E-state index < -0.39 is 0 Å². The molecule has 1 fully saturated rings. The molecule has 1 aliphatic rings. The standard InChI is InChI=1S/C13H16ClNO3/c14-9-2-4-10(5-3-9)15-13(18)8-1-6-11(16)12(17)7-8/h1,6-7,9-10,16-17H,2-5H2,(H,15,18). The van der Waals surface area contributed by atoms with Gasteiger partial charge in [-0.25, -0.2) is 0 Å². The first-order chi connectivity index (χ1) is 8.56. The SMILES string of the molecule is O=C(NC1CCC(Cl)CC1)c1ccc(O)c(O)c1. The number of phenols is 2. The van der Waals surface area contributed by atoms with Gasteiger partial charge in [0.2, 0.25) is 0 Å². The molecule has 1 amide bonds. The normalized spacial score (nSPS) is 23.6. The fourth-order valence-electron chi connectivity index (χ4n) is 2.13. The Labute approximate surface area is 111 Å². The van der Waals surface area contributed by atoms with Gasteiger partial charge in [0.05, 0.1) is 0 Å². The molecule has 3 N–H and O–H groups in total. The zero-order valence-corrected chi connectivity index (χ0v) is 10.7. The molecule has 0 aliphatic heterocycles. The van der Waals surface area contributed by atoms with Crippen LogP contribution in [0.4, 0.5) is 0 Å². The number of carbonyl (C=O) groups is 1. The third-order valence-electron chi connectivity index (χ3n) is 3.23. The Balaban J connectivity index is 1.97. The minimum absolute atomic E-state index is 0.142. The molecule has 2 rings (SSSR count). The predicted molar refractivity (Wildman–Crippen MR) is 69.1 cm³/mol. The van der Waals surface area contributed by atoms with Crippen LogP contribution in [0.25, 0.3) is 0 Å². The second kappa shape index (κ2) is 5.48. The summed E-state index contributed by atoms with van der Waals surface area (Å²) in [6.07, 6.45) is 3.58. The van der Waals surface area contributed by atoms with E-state index in [1.165, 1.54) is 18.2 Å². The van der Waals surface area contributed by atoms with E-state index in [1.54, 1.807) is 0 Å². The molecule has 1 aromatic rings. The molecule has 5 heteroatoms. The maximum absolute atomic E-state index is 11.9. The second-order valence-corrected chi connectivity index (χ2v) is 5.24. The summed E-state index contributed by atoms with van der Waals surface area (Å²) in [6.45, 7) is 0. The topological polar surface area (TPSA) is 69.6 Å². The van der Waals surface area contributed by atoms with Gasteiger partial charge in [-0.3, -0.25) is 4.79 Å². The number of rotatable bonds is 2. The van der Waals surface area contributed by atoms with Gasteiger partial charge in [-0.1, -0.05) is 0 Å². The average Bonchev–Trinajstić information content (AvgIpc) is 2.35. The van der Waals surface area contributed by atoms with E-state index in [-0.39, 0.29) is 28.8 Å². The summed E-state index contributed by atoms with van der Waals surface area (Å²) in [7, 11) is 0. The van der Waals surface area contributed by atoms with Crippen LogP contribution in [-0.2, 0) is 0 Å². The van der Waals surface area contributed by atoms with E-state index in [2.05, 4.69) is 5.32 Å². The van der Waals surface area contributed by atoms with Crippen molar-refractivity contribution < 1.29 is 15.0 Å². The highest BCUT2D eigenvalue weighted by Crippen LogP contribution is 2.26. The Bertz CT molecular complexity index is 442. The summed E-state index contributed by atoms with van der Waals surface area (Å²) in [4.78, 5) is 11.9. The minimum atomic E-state index is -0.285. The van der Waals surface area contributed by atoms with Crippen LogP contribution in [0.5, 0.6) is 11.5 Å². The fourth-order valence-corrected chi connectivity index (χ4v) is 2.38. The number of benzene rings is 1. The van der Waals surface area contributed by atoms with E-state index in [0.29, 0.717) is 5.56 Å². The summed E-state index contributed by atoms with van der Waals surface area (Å²) >= 11 is 6.00. The van der Waals surface area contributed by atoms with Crippen LogP contribution in [0.2, 0.25) is 0 Å². The average molecular weight is 270 g/mol. The molecule has 18 heavy (non-hydrogen) atoms. The van der Waals surface area contributed by atoms with Gasteiger partial charge in [0, 0.05) is 17.0 Å². The first kappa shape index (κ1) is 13.0. The van der Waals surface area contributed by atoms with Crippen LogP contribution in [0.3, 0.4) is 0 Å². The molecule has 0 aromatic heterocycles. The van der Waals surface area contributed by atoms with Crippen LogP contribution in [0.1, 0.15) is 36.0 Å². The number of carbonyl (C=O) groups excluding carboxylic acids is 1. The third kappa shape index (κ3) is 3.07. The number of hydrogen-bond donors (Lipinski definition) is 3. The minimum Gasteiger partial charge on any atom is -0.504 e. The first-order valence-corrected chi connectivity index (χ1v) is 6.47. The summed E-state index contributed by atoms with van der Waals surface area (Å²) in [6, 6.07) is 4.19. The molecular weight excluding hydrogens is 254 g/mol. The molecule has 0 heterocycles. The van der Waals surface area contributed by atoms with Gasteiger partial charge in [-0.05, 0) is 43.9 Å². The Morgan fingerprint density at radius 1 is 1.17 bits per heavy atom. The molecule has 0 atom stereocenters. The lowest BCUT2D eigenvalue weighted by molar-refractivity contribution is 0.0927. The number of amides is 1. The van der Waals surface area contributed by atoms with E-state index in [0.717, 1.165) is 25.7 Å². The quantitative estimate of drug-likeness (QED) is 0.570. The van der Waals surface area contributed by atoms with Crippen molar-refractivity contribution in [3.63, 3.8) is 0 Å². The van der Waals surface area contributed by atoms with Gasteiger partial charge in [-0.2, -0.15) is 0 Å². The zero-order valence-electron chi connectivity index (χ0n) is 9.90. The Kier molecular flexibility index (Phi) is 3.97. The summed E-state index contributed by atoms with van der Waals surface area (Å²) in [5.41, 5.74) is 0.346. The largest absolute Gasteiger partial charge is 0.504 e. The second-order valence-electron chi connectivity index (χ2n) is 4.63. The molecule has 4 nitrogen and oxygen atoms in total. The molecule has 0 spiro atoms.